The summed E-state index contributed by atoms with van der Waals surface area (Å²) in [5.41, 5.74) is 2.50. The molecule has 2 aliphatic heterocycles. The molecule has 0 spiro atoms. The molecule has 30 heavy (non-hydrogen) atoms. The van der Waals surface area contributed by atoms with Crippen LogP contribution < -0.4 is 4.90 Å². The van der Waals surface area contributed by atoms with Crippen LogP contribution in [0.1, 0.15) is 28.2 Å². The van der Waals surface area contributed by atoms with Gasteiger partial charge in [-0.25, -0.2) is 9.37 Å². The van der Waals surface area contributed by atoms with Crippen molar-refractivity contribution in [3.05, 3.63) is 59.6 Å². The van der Waals surface area contributed by atoms with Gasteiger partial charge in [-0.15, -0.1) is 0 Å². The van der Waals surface area contributed by atoms with Crippen molar-refractivity contribution in [2.45, 2.75) is 26.3 Å². The van der Waals surface area contributed by atoms with Crippen molar-refractivity contribution in [1.29, 1.82) is 0 Å². The molecule has 1 amide bonds. The highest BCUT2D eigenvalue weighted by Gasteiger charge is 2.46. The maximum absolute atomic E-state index is 14.0. The van der Waals surface area contributed by atoms with Gasteiger partial charge in [0.1, 0.15) is 11.6 Å². The minimum Gasteiger partial charge on any atom is -0.353 e. The van der Waals surface area contributed by atoms with Crippen molar-refractivity contribution in [3.8, 4) is 5.69 Å². The number of likely N-dealkylation sites (tertiary alicyclic amines) is 1. The molecule has 0 saturated carbocycles. The molecule has 2 aliphatic rings. The van der Waals surface area contributed by atoms with Gasteiger partial charge in [0, 0.05) is 31.7 Å². The summed E-state index contributed by atoms with van der Waals surface area (Å²) in [7, 11) is 0. The number of aryl methyl sites for hydroxylation is 2. The van der Waals surface area contributed by atoms with Crippen molar-refractivity contribution in [2.75, 3.05) is 24.5 Å². The lowest BCUT2D eigenvalue weighted by molar-refractivity contribution is 0.00772. The van der Waals surface area contributed by atoms with Crippen LogP contribution in [0.5, 0.6) is 0 Å². The lowest BCUT2D eigenvalue weighted by Gasteiger charge is -2.53. The van der Waals surface area contributed by atoms with E-state index < -0.39 is 5.82 Å². The predicted molar refractivity (Wildman–Crippen MR) is 108 cm³/mol. The number of nitrogens with zero attached hydrogens (tertiary/aromatic N) is 7. The third-order valence-corrected chi connectivity index (χ3v) is 5.99. The smallest absolute Gasteiger partial charge is 0.256 e. The number of benzene rings is 1. The highest BCUT2D eigenvalue weighted by Crippen LogP contribution is 2.36. The summed E-state index contributed by atoms with van der Waals surface area (Å²) < 4.78 is 14.0. The van der Waals surface area contributed by atoms with E-state index in [0.29, 0.717) is 24.7 Å². The molecule has 0 unspecified atom stereocenters. The van der Waals surface area contributed by atoms with Crippen LogP contribution in [0.3, 0.4) is 0 Å². The molecule has 0 radical (unpaired) electrons. The van der Waals surface area contributed by atoms with E-state index in [0.717, 1.165) is 30.2 Å². The molecule has 2 saturated heterocycles. The number of halogens is 1. The number of fused-ring (bicyclic) bond motifs is 1. The normalized spacial score (nSPS) is 20.6. The van der Waals surface area contributed by atoms with E-state index in [4.69, 9.17) is 0 Å². The Balaban J connectivity index is 1.41. The summed E-state index contributed by atoms with van der Waals surface area (Å²) in [4.78, 5) is 27.8. The molecule has 1 aromatic carbocycles. The minimum atomic E-state index is -0.456. The average Bonchev–Trinajstić information content (AvgIpc) is 3.25. The Morgan fingerprint density at radius 2 is 1.97 bits per heavy atom. The Labute approximate surface area is 173 Å². The van der Waals surface area contributed by atoms with E-state index in [9.17, 15) is 9.18 Å². The molecule has 4 heterocycles. The Bertz CT molecular complexity index is 1100. The molecule has 2 fully saturated rings. The van der Waals surface area contributed by atoms with Crippen LogP contribution in [0.4, 0.5) is 10.2 Å². The van der Waals surface area contributed by atoms with Gasteiger partial charge in [0.2, 0.25) is 0 Å². The average molecular weight is 407 g/mol. The summed E-state index contributed by atoms with van der Waals surface area (Å²) in [6.07, 6.45) is 5.81. The van der Waals surface area contributed by atoms with Crippen molar-refractivity contribution in [2.24, 2.45) is 5.92 Å². The van der Waals surface area contributed by atoms with Gasteiger partial charge in [-0.2, -0.15) is 15.0 Å². The fourth-order valence-corrected chi connectivity index (χ4v) is 4.40. The van der Waals surface area contributed by atoms with E-state index in [2.05, 4.69) is 25.1 Å². The first-order chi connectivity index (χ1) is 14.5. The molecule has 8 nitrogen and oxygen atoms in total. The predicted octanol–water partition coefficient (Wildman–Crippen LogP) is 2.16. The lowest BCUT2D eigenvalue weighted by Crippen LogP contribution is -2.66. The van der Waals surface area contributed by atoms with E-state index >= 15 is 0 Å². The van der Waals surface area contributed by atoms with Gasteiger partial charge >= 0.3 is 0 Å². The second kappa shape index (κ2) is 7.16. The second-order valence-corrected chi connectivity index (χ2v) is 7.92. The molecule has 154 valence electrons. The third kappa shape index (κ3) is 3.10. The summed E-state index contributed by atoms with van der Waals surface area (Å²) >= 11 is 0. The zero-order valence-electron chi connectivity index (χ0n) is 16.9. The molecule has 3 aromatic rings. The molecule has 0 bridgehead atoms. The Hall–Kier alpha value is -3.36. The number of hydrogen-bond acceptors (Lipinski definition) is 6. The maximum atomic E-state index is 14.0. The van der Waals surface area contributed by atoms with Gasteiger partial charge in [0.05, 0.1) is 41.1 Å². The molecule has 5 rings (SSSR count). The molecule has 9 heteroatoms. The SMILES string of the molecule is Cc1cnc(C)c(N2CC[C@@H]3CN(C(=O)c4cc(F)ccc4-n4nccn4)[C@@H]3C2)n1. The van der Waals surface area contributed by atoms with E-state index in [-0.39, 0.29) is 17.5 Å². The summed E-state index contributed by atoms with van der Waals surface area (Å²) in [6, 6.07) is 4.19. The highest BCUT2D eigenvalue weighted by atomic mass is 19.1. The number of anilines is 1. The molecular formula is C21H22FN7O. The summed E-state index contributed by atoms with van der Waals surface area (Å²) in [5, 5.41) is 8.20. The Morgan fingerprint density at radius 1 is 1.17 bits per heavy atom. The first kappa shape index (κ1) is 18.7. The number of carbonyl (C=O) groups is 1. The van der Waals surface area contributed by atoms with Gasteiger partial charge in [0.15, 0.2) is 0 Å². The molecular weight excluding hydrogens is 385 g/mol. The van der Waals surface area contributed by atoms with Gasteiger partial charge < -0.3 is 9.80 Å². The number of aromatic nitrogens is 5. The number of piperidine rings is 1. The lowest BCUT2D eigenvalue weighted by atomic mass is 9.81. The molecule has 2 aromatic heterocycles. The molecule has 0 N–H and O–H groups in total. The first-order valence-corrected chi connectivity index (χ1v) is 10.0. The minimum absolute atomic E-state index is 0.0645. The number of hydrogen-bond donors (Lipinski definition) is 0. The van der Waals surface area contributed by atoms with Crippen molar-refractivity contribution >= 4 is 11.7 Å². The Morgan fingerprint density at radius 3 is 2.77 bits per heavy atom. The van der Waals surface area contributed by atoms with Crippen LogP contribution in [-0.4, -0.2) is 61.4 Å². The monoisotopic (exact) mass is 407 g/mol. The third-order valence-electron chi connectivity index (χ3n) is 5.99. The van der Waals surface area contributed by atoms with Crippen LogP contribution in [0, 0.1) is 25.6 Å². The van der Waals surface area contributed by atoms with Gasteiger partial charge in [0.25, 0.3) is 5.91 Å². The van der Waals surface area contributed by atoms with E-state index in [1.54, 1.807) is 12.3 Å². The molecule has 0 aliphatic carbocycles. The van der Waals surface area contributed by atoms with Crippen LogP contribution in [0.15, 0.2) is 36.8 Å². The quantitative estimate of drug-likeness (QED) is 0.662. The fraction of sp³-hybridized carbons (Fsp3) is 0.381. The standard InChI is InChI=1S/C21H22FN7O/c1-13-10-23-14(2)20(26-13)27-8-5-15-11-28(19(15)12-27)21(30)17-9-16(22)3-4-18(17)29-24-6-7-25-29/h3-4,6-7,9-10,15,19H,5,8,11-12H2,1-2H3/t15-,19-/m1/s1. The Kier molecular flexibility index (Phi) is 4.45. The summed E-state index contributed by atoms with van der Waals surface area (Å²) in [5.74, 6) is 0.669. The van der Waals surface area contributed by atoms with Crippen molar-refractivity contribution in [3.63, 3.8) is 0 Å². The number of rotatable bonds is 3. The topological polar surface area (TPSA) is 80.0 Å². The van der Waals surface area contributed by atoms with Crippen LogP contribution in [0.25, 0.3) is 5.69 Å². The second-order valence-electron chi connectivity index (χ2n) is 7.92. The number of carbonyl (C=O) groups excluding carboxylic acids is 1. The molecule has 2 atom stereocenters. The zero-order chi connectivity index (χ0) is 20.8. The van der Waals surface area contributed by atoms with Crippen LogP contribution in [0.2, 0.25) is 0 Å². The maximum Gasteiger partial charge on any atom is 0.256 e. The van der Waals surface area contributed by atoms with Gasteiger partial charge in [-0.05, 0) is 38.5 Å². The summed E-state index contributed by atoms with van der Waals surface area (Å²) in [6.45, 7) is 6.15. The van der Waals surface area contributed by atoms with Gasteiger partial charge in [-0.3, -0.25) is 9.78 Å². The fourth-order valence-electron chi connectivity index (χ4n) is 4.40. The zero-order valence-corrected chi connectivity index (χ0v) is 16.9. The number of amides is 1. The first-order valence-electron chi connectivity index (χ1n) is 10.0. The van der Waals surface area contributed by atoms with Crippen molar-refractivity contribution < 1.29 is 9.18 Å². The van der Waals surface area contributed by atoms with E-state index in [1.165, 1.54) is 29.3 Å². The highest BCUT2D eigenvalue weighted by molar-refractivity contribution is 5.98. The van der Waals surface area contributed by atoms with Crippen LogP contribution >= 0.6 is 0 Å². The van der Waals surface area contributed by atoms with Gasteiger partial charge in [-0.1, -0.05) is 0 Å². The van der Waals surface area contributed by atoms with Crippen LogP contribution in [-0.2, 0) is 0 Å². The largest absolute Gasteiger partial charge is 0.353 e. The van der Waals surface area contributed by atoms with Crippen molar-refractivity contribution in [1.82, 2.24) is 29.9 Å². The van der Waals surface area contributed by atoms with E-state index in [1.807, 2.05) is 18.7 Å².